The molecule has 6 nitrogen and oxygen atoms in total. The van der Waals surface area contributed by atoms with Crippen LogP contribution in [0.15, 0.2) is 24.4 Å². The van der Waals surface area contributed by atoms with Crippen LogP contribution in [0.25, 0.3) is 0 Å². The molecule has 2 heterocycles. The second-order valence-corrected chi connectivity index (χ2v) is 3.99. The van der Waals surface area contributed by atoms with Gasteiger partial charge in [0.25, 0.3) is 0 Å². The number of hydrogen-bond acceptors (Lipinski definition) is 5. The average Bonchev–Trinajstić information content (AvgIpc) is 2.78. The number of pyridine rings is 1. The summed E-state index contributed by atoms with van der Waals surface area (Å²) >= 11 is 0. The Balaban J connectivity index is 2.23. The number of methoxy groups -OCH3 is 1. The van der Waals surface area contributed by atoms with Crippen molar-refractivity contribution in [2.45, 2.75) is 13.5 Å². The summed E-state index contributed by atoms with van der Waals surface area (Å²) in [5, 5.41) is 4.20. The fourth-order valence-corrected chi connectivity index (χ4v) is 1.68. The van der Waals surface area contributed by atoms with Crippen LogP contribution in [0.2, 0.25) is 0 Å². The highest BCUT2D eigenvalue weighted by molar-refractivity contribution is 5.87. The van der Waals surface area contributed by atoms with Crippen molar-refractivity contribution in [2.75, 3.05) is 7.11 Å². The highest BCUT2D eigenvalue weighted by Gasteiger charge is 2.09. The van der Waals surface area contributed by atoms with Crippen molar-refractivity contribution in [2.24, 2.45) is 0 Å². The number of nitrogens with zero attached hydrogens (tertiary/aromatic N) is 3. The van der Waals surface area contributed by atoms with E-state index in [2.05, 4.69) is 14.8 Å². The second kappa shape index (κ2) is 5.43. The summed E-state index contributed by atoms with van der Waals surface area (Å²) in [6, 6.07) is 5.09. The lowest BCUT2D eigenvalue weighted by Crippen LogP contribution is -2.08. The minimum absolute atomic E-state index is 0.250. The Morgan fingerprint density at radius 3 is 2.89 bits per heavy atom. The normalized spacial score (nSPS) is 10.2. The second-order valence-electron chi connectivity index (χ2n) is 3.99. The van der Waals surface area contributed by atoms with E-state index in [1.165, 1.54) is 7.11 Å². The Kier molecular flexibility index (Phi) is 3.70. The smallest absolute Gasteiger partial charge is 0.356 e. The van der Waals surface area contributed by atoms with Gasteiger partial charge in [0, 0.05) is 6.20 Å². The number of carbonyl (C=O) groups excluding carboxylic acids is 2. The SMILES string of the molecule is COC(=O)c1cccc(Cn2cc(C=O)c(C)n2)n1. The topological polar surface area (TPSA) is 74.1 Å². The molecule has 0 atom stereocenters. The van der Waals surface area contributed by atoms with Crippen LogP contribution >= 0.6 is 0 Å². The fourth-order valence-electron chi connectivity index (χ4n) is 1.68. The van der Waals surface area contributed by atoms with Crippen molar-refractivity contribution < 1.29 is 14.3 Å². The molecule has 0 amide bonds. The van der Waals surface area contributed by atoms with Gasteiger partial charge in [-0.3, -0.25) is 9.48 Å². The molecule has 98 valence electrons. The molecule has 0 aromatic carbocycles. The lowest BCUT2D eigenvalue weighted by molar-refractivity contribution is 0.0593. The first kappa shape index (κ1) is 12.9. The van der Waals surface area contributed by atoms with Gasteiger partial charge in [-0.1, -0.05) is 6.07 Å². The summed E-state index contributed by atoms with van der Waals surface area (Å²) < 4.78 is 6.23. The summed E-state index contributed by atoms with van der Waals surface area (Å²) in [4.78, 5) is 26.3. The number of aldehydes is 1. The third-order valence-corrected chi connectivity index (χ3v) is 2.64. The number of esters is 1. The molecule has 0 saturated heterocycles. The molecular formula is C13H13N3O3. The van der Waals surface area contributed by atoms with Crippen LogP contribution in [-0.2, 0) is 11.3 Å². The summed E-state index contributed by atoms with van der Waals surface area (Å²) in [6.07, 6.45) is 2.41. The van der Waals surface area contributed by atoms with Gasteiger partial charge in [-0.25, -0.2) is 9.78 Å². The Morgan fingerprint density at radius 1 is 1.47 bits per heavy atom. The van der Waals surface area contributed by atoms with Crippen LogP contribution in [0.3, 0.4) is 0 Å². The molecule has 0 aliphatic carbocycles. The van der Waals surface area contributed by atoms with Gasteiger partial charge in [0.1, 0.15) is 5.69 Å². The van der Waals surface area contributed by atoms with Crippen molar-refractivity contribution >= 4 is 12.3 Å². The van der Waals surface area contributed by atoms with E-state index < -0.39 is 5.97 Å². The molecule has 19 heavy (non-hydrogen) atoms. The molecule has 2 aromatic heterocycles. The molecular weight excluding hydrogens is 246 g/mol. The minimum Gasteiger partial charge on any atom is -0.464 e. The summed E-state index contributed by atoms with van der Waals surface area (Å²) in [7, 11) is 1.31. The van der Waals surface area contributed by atoms with E-state index in [4.69, 9.17) is 0 Å². The zero-order chi connectivity index (χ0) is 13.8. The maximum Gasteiger partial charge on any atom is 0.356 e. The Labute approximate surface area is 110 Å². The van der Waals surface area contributed by atoms with Gasteiger partial charge in [0.05, 0.1) is 30.6 Å². The molecule has 0 fully saturated rings. The van der Waals surface area contributed by atoms with Crippen molar-refractivity contribution in [3.8, 4) is 0 Å². The van der Waals surface area contributed by atoms with Gasteiger partial charge < -0.3 is 4.74 Å². The molecule has 2 aromatic rings. The van der Waals surface area contributed by atoms with Crippen LogP contribution in [0.1, 0.15) is 32.2 Å². The number of carbonyl (C=O) groups is 2. The van der Waals surface area contributed by atoms with Gasteiger partial charge in [0.15, 0.2) is 6.29 Å². The summed E-state index contributed by atoms with van der Waals surface area (Å²) in [5.74, 6) is -0.480. The lowest BCUT2D eigenvalue weighted by Gasteiger charge is -2.03. The van der Waals surface area contributed by atoms with Crippen LogP contribution in [0.5, 0.6) is 0 Å². The predicted octanol–water partition coefficient (Wildman–Crippen LogP) is 1.23. The van der Waals surface area contributed by atoms with Crippen LogP contribution in [0, 0.1) is 6.92 Å². The Morgan fingerprint density at radius 2 is 2.26 bits per heavy atom. The molecule has 2 rings (SSSR count). The number of aryl methyl sites for hydroxylation is 1. The van der Waals surface area contributed by atoms with E-state index in [0.29, 0.717) is 23.5 Å². The molecule has 0 spiro atoms. The highest BCUT2D eigenvalue weighted by atomic mass is 16.5. The number of aromatic nitrogens is 3. The van der Waals surface area contributed by atoms with Crippen LogP contribution in [-0.4, -0.2) is 34.1 Å². The van der Waals surface area contributed by atoms with Crippen LogP contribution in [0.4, 0.5) is 0 Å². The van der Waals surface area contributed by atoms with E-state index >= 15 is 0 Å². The number of hydrogen-bond donors (Lipinski definition) is 0. The van der Waals surface area contributed by atoms with Gasteiger partial charge in [0.2, 0.25) is 0 Å². The molecule has 0 bridgehead atoms. The first-order valence-electron chi connectivity index (χ1n) is 5.67. The van der Waals surface area contributed by atoms with Crippen molar-refractivity contribution in [1.29, 1.82) is 0 Å². The summed E-state index contributed by atoms with van der Waals surface area (Å²) in [6.45, 7) is 2.15. The minimum atomic E-state index is -0.480. The highest BCUT2D eigenvalue weighted by Crippen LogP contribution is 2.06. The molecule has 0 aliphatic heterocycles. The zero-order valence-corrected chi connectivity index (χ0v) is 10.7. The third-order valence-electron chi connectivity index (χ3n) is 2.64. The number of ether oxygens (including phenoxy) is 1. The predicted molar refractivity (Wildman–Crippen MR) is 67.0 cm³/mol. The maximum atomic E-state index is 11.4. The van der Waals surface area contributed by atoms with Crippen molar-refractivity contribution in [1.82, 2.24) is 14.8 Å². The molecule has 0 unspecified atom stereocenters. The molecule has 0 saturated carbocycles. The number of rotatable bonds is 4. The zero-order valence-electron chi connectivity index (χ0n) is 10.7. The van der Waals surface area contributed by atoms with Gasteiger partial charge >= 0.3 is 5.97 Å². The molecule has 0 N–H and O–H groups in total. The van der Waals surface area contributed by atoms with E-state index in [1.54, 1.807) is 36.0 Å². The Bertz CT molecular complexity index is 619. The van der Waals surface area contributed by atoms with Crippen molar-refractivity contribution in [3.63, 3.8) is 0 Å². The quantitative estimate of drug-likeness (QED) is 0.610. The van der Waals surface area contributed by atoms with Crippen molar-refractivity contribution in [3.05, 3.63) is 47.0 Å². The van der Waals surface area contributed by atoms with Gasteiger partial charge in [-0.15, -0.1) is 0 Å². The van der Waals surface area contributed by atoms with E-state index in [1.807, 2.05) is 0 Å². The molecule has 6 heteroatoms. The first-order chi connectivity index (χ1) is 9.13. The molecule has 0 radical (unpaired) electrons. The average molecular weight is 259 g/mol. The largest absolute Gasteiger partial charge is 0.464 e. The standard InChI is InChI=1S/C13H13N3O3/c1-9-10(8-17)6-16(15-9)7-11-4-3-5-12(14-11)13(18)19-2/h3-6,8H,7H2,1-2H3. The monoisotopic (exact) mass is 259 g/mol. The molecule has 0 aliphatic rings. The summed E-state index contributed by atoms with van der Waals surface area (Å²) in [5.41, 5.74) is 2.13. The Hall–Kier alpha value is -2.50. The van der Waals surface area contributed by atoms with Gasteiger partial charge in [-0.05, 0) is 19.1 Å². The third kappa shape index (κ3) is 2.85. The lowest BCUT2D eigenvalue weighted by atomic mass is 10.3. The van der Waals surface area contributed by atoms with Gasteiger partial charge in [-0.2, -0.15) is 5.10 Å². The van der Waals surface area contributed by atoms with Crippen LogP contribution < -0.4 is 0 Å². The van der Waals surface area contributed by atoms with E-state index in [0.717, 1.165) is 6.29 Å². The first-order valence-corrected chi connectivity index (χ1v) is 5.67. The van der Waals surface area contributed by atoms with E-state index in [9.17, 15) is 9.59 Å². The maximum absolute atomic E-state index is 11.4. The van der Waals surface area contributed by atoms with E-state index in [-0.39, 0.29) is 5.69 Å². The fraction of sp³-hybridized carbons (Fsp3) is 0.231.